The van der Waals surface area contributed by atoms with Crippen LogP contribution in [0.4, 0.5) is 0 Å². The van der Waals surface area contributed by atoms with Crippen molar-refractivity contribution in [3.05, 3.63) is 16.3 Å². The van der Waals surface area contributed by atoms with Gasteiger partial charge < -0.3 is 10.1 Å². The van der Waals surface area contributed by atoms with E-state index in [2.05, 4.69) is 5.32 Å². The Hall–Kier alpha value is -0.470. The molecule has 2 heterocycles. The largest absolute Gasteiger partial charge is 0.377 e. The monoisotopic (exact) mass is 318 g/mol. The summed E-state index contributed by atoms with van der Waals surface area (Å²) in [5.74, 6) is 0. The van der Waals surface area contributed by atoms with Gasteiger partial charge >= 0.3 is 0 Å². The minimum atomic E-state index is -3.40. The summed E-state index contributed by atoms with van der Waals surface area (Å²) >= 11 is 1.48. The minimum absolute atomic E-state index is 0.0231. The van der Waals surface area contributed by atoms with Crippen LogP contribution in [0.25, 0.3) is 0 Å². The van der Waals surface area contributed by atoms with Crippen molar-refractivity contribution in [2.24, 2.45) is 0 Å². The Morgan fingerprint density at radius 2 is 2.35 bits per heavy atom. The van der Waals surface area contributed by atoms with E-state index in [0.29, 0.717) is 31.1 Å². The number of rotatable bonds is 6. The van der Waals surface area contributed by atoms with E-state index in [1.165, 1.54) is 11.3 Å². The average molecular weight is 318 g/mol. The van der Waals surface area contributed by atoms with Gasteiger partial charge in [-0.15, -0.1) is 11.3 Å². The van der Waals surface area contributed by atoms with Crippen molar-refractivity contribution in [2.45, 2.75) is 37.3 Å². The molecule has 1 aromatic heterocycles. The van der Waals surface area contributed by atoms with Crippen molar-refractivity contribution in [3.8, 4) is 0 Å². The van der Waals surface area contributed by atoms with Crippen molar-refractivity contribution in [1.82, 2.24) is 9.62 Å². The molecule has 114 valence electrons. The molecule has 0 saturated carbocycles. The molecule has 1 unspecified atom stereocenters. The van der Waals surface area contributed by atoms with Gasteiger partial charge in [0.05, 0.1) is 11.0 Å². The summed E-state index contributed by atoms with van der Waals surface area (Å²) in [5, 5.41) is 4.85. The second kappa shape index (κ2) is 7.00. The van der Waals surface area contributed by atoms with Gasteiger partial charge in [0, 0.05) is 31.1 Å². The molecule has 2 rings (SSSR count). The molecule has 0 amide bonds. The number of thiophene rings is 1. The third-order valence-corrected chi connectivity index (χ3v) is 6.40. The second-order valence-corrected chi connectivity index (χ2v) is 7.73. The van der Waals surface area contributed by atoms with E-state index < -0.39 is 10.0 Å². The lowest BCUT2D eigenvalue weighted by atomic mass is 10.1. The summed E-state index contributed by atoms with van der Waals surface area (Å²) in [5.41, 5.74) is 0. The zero-order valence-electron chi connectivity index (χ0n) is 12.0. The molecule has 0 aliphatic carbocycles. The van der Waals surface area contributed by atoms with Crippen molar-refractivity contribution in [3.63, 3.8) is 0 Å². The first-order chi connectivity index (χ1) is 9.59. The van der Waals surface area contributed by atoms with Crippen LogP contribution in [0.3, 0.4) is 0 Å². The molecule has 0 bridgehead atoms. The molecule has 1 atom stereocenters. The van der Waals surface area contributed by atoms with Crippen LogP contribution in [-0.2, 0) is 21.3 Å². The fourth-order valence-electron chi connectivity index (χ4n) is 2.48. The standard InChI is InChI=1S/C13H22N2O3S2/c1-3-18-11-5-4-7-15(10-11)20(16,17)13-6-8-19-12(13)9-14-2/h6,8,11,14H,3-5,7,9-10H2,1-2H3. The van der Waals surface area contributed by atoms with Crippen LogP contribution in [0, 0.1) is 0 Å². The topological polar surface area (TPSA) is 58.6 Å². The number of sulfonamides is 1. The lowest BCUT2D eigenvalue weighted by Crippen LogP contribution is -2.43. The van der Waals surface area contributed by atoms with Crippen molar-refractivity contribution in [2.75, 3.05) is 26.7 Å². The molecular formula is C13H22N2O3S2. The van der Waals surface area contributed by atoms with Crippen LogP contribution in [-0.4, -0.2) is 45.6 Å². The van der Waals surface area contributed by atoms with E-state index in [9.17, 15) is 8.42 Å². The zero-order valence-corrected chi connectivity index (χ0v) is 13.6. The molecule has 0 spiro atoms. The van der Waals surface area contributed by atoms with Crippen LogP contribution < -0.4 is 5.32 Å². The Morgan fingerprint density at radius 1 is 1.55 bits per heavy atom. The van der Waals surface area contributed by atoms with Gasteiger partial charge in [0.15, 0.2) is 0 Å². The van der Waals surface area contributed by atoms with Gasteiger partial charge in [-0.3, -0.25) is 0 Å². The Morgan fingerprint density at radius 3 is 3.05 bits per heavy atom. The van der Waals surface area contributed by atoms with Crippen LogP contribution in [0.5, 0.6) is 0 Å². The number of ether oxygens (including phenoxy) is 1. The summed E-state index contributed by atoms with van der Waals surface area (Å²) in [4.78, 5) is 1.31. The molecule has 1 aliphatic rings. The number of hydrogen-bond acceptors (Lipinski definition) is 5. The summed E-state index contributed by atoms with van der Waals surface area (Å²) in [6, 6.07) is 1.71. The van der Waals surface area contributed by atoms with E-state index in [1.807, 2.05) is 19.4 Å². The van der Waals surface area contributed by atoms with E-state index in [-0.39, 0.29) is 6.10 Å². The fourth-order valence-corrected chi connectivity index (χ4v) is 5.42. The molecule has 0 aromatic carbocycles. The van der Waals surface area contributed by atoms with Crippen molar-refractivity contribution in [1.29, 1.82) is 0 Å². The Balaban J connectivity index is 2.18. The van der Waals surface area contributed by atoms with Gasteiger partial charge in [0.25, 0.3) is 0 Å². The lowest BCUT2D eigenvalue weighted by Gasteiger charge is -2.31. The van der Waals surface area contributed by atoms with E-state index in [0.717, 1.165) is 17.7 Å². The molecule has 20 heavy (non-hydrogen) atoms. The maximum atomic E-state index is 12.7. The zero-order chi connectivity index (χ0) is 14.6. The number of hydrogen-bond donors (Lipinski definition) is 1. The predicted molar refractivity (Wildman–Crippen MR) is 80.5 cm³/mol. The summed E-state index contributed by atoms with van der Waals surface area (Å²) in [7, 11) is -1.58. The maximum absolute atomic E-state index is 12.7. The molecule has 1 N–H and O–H groups in total. The van der Waals surface area contributed by atoms with E-state index in [4.69, 9.17) is 4.74 Å². The highest BCUT2D eigenvalue weighted by molar-refractivity contribution is 7.89. The van der Waals surface area contributed by atoms with Gasteiger partial charge in [-0.05, 0) is 38.3 Å². The molecule has 1 fully saturated rings. The van der Waals surface area contributed by atoms with Crippen LogP contribution in [0.2, 0.25) is 0 Å². The predicted octanol–water partition coefficient (Wildman–Crippen LogP) is 1.66. The van der Waals surface area contributed by atoms with Gasteiger partial charge in [-0.2, -0.15) is 4.31 Å². The minimum Gasteiger partial charge on any atom is -0.377 e. The maximum Gasteiger partial charge on any atom is 0.244 e. The number of nitrogens with zero attached hydrogens (tertiary/aromatic N) is 1. The second-order valence-electron chi connectivity index (χ2n) is 4.82. The Bertz CT molecular complexity index is 525. The third kappa shape index (κ3) is 3.40. The van der Waals surface area contributed by atoms with Gasteiger partial charge in [0.1, 0.15) is 0 Å². The highest BCUT2D eigenvalue weighted by atomic mass is 32.2. The van der Waals surface area contributed by atoms with E-state index in [1.54, 1.807) is 10.4 Å². The molecule has 1 saturated heterocycles. The molecule has 1 aliphatic heterocycles. The third-order valence-electron chi connectivity index (χ3n) is 3.40. The first-order valence-corrected chi connectivity index (χ1v) is 9.24. The van der Waals surface area contributed by atoms with Gasteiger partial charge in [0.2, 0.25) is 10.0 Å². The molecule has 1 aromatic rings. The fraction of sp³-hybridized carbons (Fsp3) is 0.692. The molecular weight excluding hydrogens is 296 g/mol. The SMILES string of the molecule is CCOC1CCCN(S(=O)(=O)c2ccsc2CNC)C1. The summed E-state index contributed by atoms with van der Waals surface area (Å²) in [6.45, 7) is 4.19. The van der Waals surface area contributed by atoms with Gasteiger partial charge in [-0.1, -0.05) is 0 Å². The van der Waals surface area contributed by atoms with Crippen molar-refractivity contribution < 1.29 is 13.2 Å². The highest BCUT2D eigenvalue weighted by Gasteiger charge is 2.32. The molecule has 0 radical (unpaired) electrons. The molecule has 5 nitrogen and oxygen atoms in total. The van der Waals surface area contributed by atoms with E-state index >= 15 is 0 Å². The number of piperidine rings is 1. The van der Waals surface area contributed by atoms with Crippen LogP contribution in [0.1, 0.15) is 24.6 Å². The lowest BCUT2D eigenvalue weighted by molar-refractivity contribution is 0.0265. The van der Waals surface area contributed by atoms with Crippen molar-refractivity contribution >= 4 is 21.4 Å². The summed E-state index contributed by atoms with van der Waals surface area (Å²) < 4.78 is 32.6. The first-order valence-electron chi connectivity index (χ1n) is 6.92. The summed E-state index contributed by atoms with van der Waals surface area (Å²) in [6.07, 6.45) is 1.82. The highest BCUT2D eigenvalue weighted by Crippen LogP contribution is 2.27. The smallest absolute Gasteiger partial charge is 0.244 e. The number of nitrogens with one attached hydrogen (secondary N) is 1. The Kier molecular flexibility index (Phi) is 5.57. The normalized spacial score (nSPS) is 21.2. The first kappa shape index (κ1) is 15.9. The Labute approximate surface area is 125 Å². The quantitative estimate of drug-likeness (QED) is 0.866. The molecule has 7 heteroatoms. The van der Waals surface area contributed by atoms with Crippen LogP contribution in [0.15, 0.2) is 16.3 Å². The average Bonchev–Trinajstić information content (AvgIpc) is 2.89. The van der Waals surface area contributed by atoms with Gasteiger partial charge in [-0.25, -0.2) is 8.42 Å². The van der Waals surface area contributed by atoms with Crippen LogP contribution >= 0.6 is 11.3 Å².